The molecule has 2 rings (SSSR count). The Morgan fingerprint density at radius 3 is 2.76 bits per heavy atom. The normalized spacial score (nSPS) is 11.2. The van der Waals surface area contributed by atoms with Crippen LogP contribution in [0.15, 0.2) is 30.9 Å². The molecular weight excluding hydrogens is 216 g/mol. The van der Waals surface area contributed by atoms with Crippen molar-refractivity contribution >= 4 is 11.9 Å². The fraction of sp³-hybridized carbons (Fsp3) is 0.250. The van der Waals surface area contributed by atoms with E-state index in [0.717, 1.165) is 12.1 Å². The maximum absolute atomic E-state index is 11.7. The number of nitrogens with zero attached hydrogens (tertiary/aromatic N) is 4. The van der Waals surface area contributed by atoms with Gasteiger partial charge in [0.15, 0.2) is 5.78 Å². The molecule has 0 unspecified atom stereocenters. The van der Waals surface area contributed by atoms with Crippen molar-refractivity contribution in [2.75, 3.05) is 0 Å². The van der Waals surface area contributed by atoms with Crippen molar-refractivity contribution in [3.05, 3.63) is 42.0 Å². The Labute approximate surface area is 99.4 Å². The highest BCUT2D eigenvalue weighted by Crippen LogP contribution is 2.04. The number of hydrogen-bond donors (Lipinski definition) is 0. The lowest BCUT2D eigenvalue weighted by Gasteiger charge is -1.89. The zero-order chi connectivity index (χ0) is 12.3. The standard InChI is InChI=1S/C12H14N4O/c1-3-16-8-10(6-14-16)4-5-12(17)11-7-13-15(2)9-11/h4-9H,3H2,1-2H3. The van der Waals surface area contributed by atoms with Crippen LogP contribution in [0.3, 0.4) is 0 Å². The van der Waals surface area contributed by atoms with Crippen molar-refractivity contribution in [1.29, 1.82) is 0 Å². The highest BCUT2D eigenvalue weighted by molar-refractivity contribution is 6.06. The summed E-state index contributed by atoms with van der Waals surface area (Å²) in [7, 11) is 1.78. The average molecular weight is 230 g/mol. The van der Waals surface area contributed by atoms with E-state index in [-0.39, 0.29) is 5.78 Å². The maximum atomic E-state index is 11.7. The summed E-state index contributed by atoms with van der Waals surface area (Å²) in [5.74, 6) is -0.0534. The van der Waals surface area contributed by atoms with Crippen molar-refractivity contribution in [2.24, 2.45) is 7.05 Å². The quantitative estimate of drug-likeness (QED) is 0.591. The predicted molar refractivity (Wildman–Crippen MR) is 64.5 cm³/mol. The largest absolute Gasteiger partial charge is 0.289 e. The van der Waals surface area contributed by atoms with Crippen molar-refractivity contribution in [3.63, 3.8) is 0 Å². The number of rotatable bonds is 4. The van der Waals surface area contributed by atoms with Crippen LogP contribution in [0.1, 0.15) is 22.8 Å². The Hall–Kier alpha value is -2.17. The van der Waals surface area contributed by atoms with Crippen molar-refractivity contribution in [2.45, 2.75) is 13.5 Å². The predicted octanol–water partition coefficient (Wildman–Crippen LogP) is 1.53. The molecule has 0 radical (unpaired) electrons. The highest BCUT2D eigenvalue weighted by atomic mass is 16.1. The zero-order valence-electron chi connectivity index (χ0n) is 9.87. The van der Waals surface area contributed by atoms with Gasteiger partial charge in [-0.3, -0.25) is 14.2 Å². The Kier molecular flexibility index (Phi) is 3.18. The molecule has 0 aliphatic carbocycles. The summed E-state index contributed by atoms with van der Waals surface area (Å²) >= 11 is 0. The van der Waals surface area contributed by atoms with E-state index < -0.39 is 0 Å². The summed E-state index contributed by atoms with van der Waals surface area (Å²) in [5.41, 5.74) is 1.51. The van der Waals surface area contributed by atoms with Gasteiger partial charge in [0.1, 0.15) is 0 Å². The minimum Gasteiger partial charge on any atom is -0.289 e. The van der Waals surface area contributed by atoms with Gasteiger partial charge >= 0.3 is 0 Å². The minimum absolute atomic E-state index is 0.0534. The monoisotopic (exact) mass is 230 g/mol. The molecule has 2 aromatic heterocycles. The van der Waals surface area contributed by atoms with Gasteiger partial charge in [-0.15, -0.1) is 0 Å². The molecular formula is C12H14N4O. The summed E-state index contributed by atoms with van der Waals surface area (Å²) in [5, 5.41) is 8.08. The summed E-state index contributed by atoms with van der Waals surface area (Å²) in [6.07, 6.45) is 10.2. The molecule has 0 bridgehead atoms. The molecule has 0 saturated heterocycles. The summed E-state index contributed by atoms with van der Waals surface area (Å²) in [4.78, 5) is 11.7. The van der Waals surface area contributed by atoms with E-state index in [2.05, 4.69) is 10.2 Å². The first-order valence-corrected chi connectivity index (χ1v) is 5.42. The fourth-order valence-electron chi connectivity index (χ4n) is 1.46. The molecule has 0 saturated carbocycles. The topological polar surface area (TPSA) is 52.7 Å². The van der Waals surface area contributed by atoms with E-state index in [4.69, 9.17) is 0 Å². The number of ketones is 1. The molecule has 0 aliphatic heterocycles. The molecule has 2 heterocycles. The van der Waals surface area contributed by atoms with Crippen molar-refractivity contribution in [1.82, 2.24) is 19.6 Å². The Balaban J connectivity index is 2.08. The second kappa shape index (κ2) is 4.78. The number of allylic oxidation sites excluding steroid dienone is 1. The van der Waals surface area contributed by atoms with Gasteiger partial charge in [0.25, 0.3) is 0 Å². The molecule has 88 valence electrons. The number of aryl methyl sites for hydroxylation is 2. The Morgan fingerprint density at radius 2 is 2.18 bits per heavy atom. The molecule has 0 aliphatic rings. The number of aromatic nitrogens is 4. The van der Waals surface area contributed by atoms with Crippen LogP contribution in [0.2, 0.25) is 0 Å². The van der Waals surface area contributed by atoms with E-state index in [9.17, 15) is 4.79 Å². The lowest BCUT2D eigenvalue weighted by Crippen LogP contribution is -1.92. The second-order valence-electron chi connectivity index (χ2n) is 3.73. The van der Waals surface area contributed by atoms with Gasteiger partial charge in [0.2, 0.25) is 0 Å². The van der Waals surface area contributed by atoms with Crippen LogP contribution in [-0.2, 0) is 13.6 Å². The number of carbonyl (C=O) groups excluding carboxylic acids is 1. The summed E-state index contributed by atoms with van der Waals surface area (Å²) in [6, 6.07) is 0. The third-order valence-corrected chi connectivity index (χ3v) is 2.39. The summed E-state index contributed by atoms with van der Waals surface area (Å²) < 4.78 is 3.42. The molecule has 0 amide bonds. The first-order valence-electron chi connectivity index (χ1n) is 5.42. The average Bonchev–Trinajstić information content (AvgIpc) is 2.94. The Morgan fingerprint density at radius 1 is 1.35 bits per heavy atom. The van der Waals surface area contributed by atoms with E-state index >= 15 is 0 Å². The third kappa shape index (κ3) is 2.69. The first kappa shape index (κ1) is 11.3. The van der Waals surface area contributed by atoms with Gasteiger partial charge in [-0.25, -0.2) is 0 Å². The van der Waals surface area contributed by atoms with Gasteiger partial charge in [-0.05, 0) is 19.1 Å². The molecule has 0 fully saturated rings. The van der Waals surface area contributed by atoms with Crippen LogP contribution >= 0.6 is 0 Å². The van der Waals surface area contributed by atoms with Crippen molar-refractivity contribution < 1.29 is 4.79 Å². The van der Waals surface area contributed by atoms with Crippen LogP contribution < -0.4 is 0 Å². The van der Waals surface area contributed by atoms with Gasteiger partial charge in [0, 0.05) is 31.5 Å². The van der Waals surface area contributed by atoms with E-state index in [1.165, 1.54) is 6.08 Å². The first-order chi connectivity index (χ1) is 8.19. The highest BCUT2D eigenvalue weighted by Gasteiger charge is 2.03. The fourth-order valence-corrected chi connectivity index (χ4v) is 1.46. The third-order valence-electron chi connectivity index (χ3n) is 2.39. The Bertz CT molecular complexity index is 550. The molecule has 0 N–H and O–H groups in total. The molecule has 2 aromatic rings. The molecule has 0 atom stereocenters. The van der Waals surface area contributed by atoms with Gasteiger partial charge in [-0.1, -0.05) is 0 Å². The summed E-state index contributed by atoms with van der Waals surface area (Å²) in [6.45, 7) is 2.84. The molecule has 5 nitrogen and oxygen atoms in total. The molecule has 0 aromatic carbocycles. The molecule has 0 spiro atoms. The van der Waals surface area contributed by atoms with Crippen molar-refractivity contribution in [3.8, 4) is 0 Å². The number of carbonyl (C=O) groups is 1. The SMILES string of the molecule is CCn1cc(C=CC(=O)c2cnn(C)c2)cn1. The van der Waals surface area contributed by atoms with Crippen LogP contribution in [0.4, 0.5) is 0 Å². The van der Waals surface area contributed by atoms with E-state index in [1.807, 2.05) is 17.8 Å². The lowest BCUT2D eigenvalue weighted by atomic mass is 10.2. The number of hydrogen-bond acceptors (Lipinski definition) is 3. The van der Waals surface area contributed by atoms with E-state index in [1.54, 1.807) is 36.4 Å². The van der Waals surface area contributed by atoms with Crippen LogP contribution in [0.25, 0.3) is 6.08 Å². The van der Waals surface area contributed by atoms with Crippen LogP contribution in [0, 0.1) is 0 Å². The molecule has 5 heteroatoms. The van der Waals surface area contributed by atoms with Crippen LogP contribution in [-0.4, -0.2) is 25.3 Å². The van der Waals surface area contributed by atoms with E-state index in [0.29, 0.717) is 5.56 Å². The minimum atomic E-state index is -0.0534. The van der Waals surface area contributed by atoms with Gasteiger partial charge in [-0.2, -0.15) is 10.2 Å². The smallest absolute Gasteiger partial charge is 0.189 e. The van der Waals surface area contributed by atoms with Gasteiger partial charge in [0.05, 0.1) is 18.0 Å². The lowest BCUT2D eigenvalue weighted by molar-refractivity contribution is 0.104. The maximum Gasteiger partial charge on any atom is 0.189 e. The molecule has 17 heavy (non-hydrogen) atoms. The zero-order valence-corrected chi connectivity index (χ0v) is 9.87. The second-order valence-corrected chi connectivity index (χ2v) is 3.73. The van der Waals surface area contributed by atoms with Gasteiger partial charge < -0.3 is 0 Å². The van der Waals surface area contributed by atoms with Crippen LogP contribution in [0.5, 0.6) is 0 Å².